The summed E-state index contributed by atoms with van der Waals surface area (Å²) < 4.78 is 0. The van der Waals surface area contributed by atoms with E-state index >= 15 is 0 Å². The minimum atomic E-state index is 0.818. The Balaban J connectivity index is 2.24. The summed E-state index contributed by atoms with van der Waals surface area (Å²) in [6, 6.07) is 0.818. The van der Waals surface area contributed by atoms with Crippen LogP contribution in [0.2, 0.25) is 0 Å². The maximum absolute atomic E-state index is 3.57. The Morgan fingerprint density at radius 3 is 2.80 bits per heavy atom. The number of rotatable bonds is 2. The Morgan fingerprint density at radius 2 is 2.30 bits per heavy atom. The Kier molecular flexibility index (Phi) is 3.20. The van der Waals surface area contributed by atoms with Crippen LogP contribution in [0.4, 0.5) is 0 Å². The largest absolute Gasteiger partial charge is 0.314 e. The quantitative estimate of drug-likeness (QED) is 0.621. The topological polar surface area (TPSA) is 12.0 Å². The molecule has 0 spiro atoms. The molecule has 1 nitrogen and oxygen atoms in total. The van der Waals surface area contributed by atoms with Crippen molar-refractivity contribution >= 4 is 0 Å². The van der Waals surface area contributed by atoms with Crippen molar-refractivity contribution in [3.8, 4) is 0 Å². The number of nitrogens with one attached hydrogen (secondary N) is 1. The summed E-state index contributed by atoms with van der Waals surface area (Å²) in [7, 11) is 0. The van der Waals surface area contributed by atoms with Crippen LogP contribution in [0.3, 0.4) is 0 Å². The number of hydrogen-bond acceptors (Lipinski definition) is 1. The first-order valence-corrected chi connectivity index (χ1v) is 4.58. The van der Waals surface area contributed by atoms with Crippen molar-refractivity contribution in [1.29, 1.82) is 0 Å². The van der Waals surface area contributed by atoms with Gasteiger partial charge in [0.05, 0.1) is 0 Å². The minimum absolute atomic E-state index is 0.818. The predicted octanol–water partition coefficient (Wildman–Crippen LogP) is 2.17. The SMILES string of the molecule is CC[C@@H](C)[C@H]1CCCCN1. The van der Waals surface area contributed by atoms with Crippen LogP contribution in [-0.4, -0.2) is 12.6 Å². The molecule has 0 radical (unpaired) electrons. The molecule has 1 saturated heterocycles. The molecular weight excluding hydrogens is 122 g/mol. The van der Waals surface area contributed by atoms with E-state index in [4.69, 9.17) is 0 Å². The van der Waals surface area contributed by atoms with Gasteiger partial charge in [-0.2, -0.15) is 0 Å². The van der Waals surface area contributed by atoms with E-state index in [2.05, 4.69) is 19.2 Å². The summed E-state index contributed by atoms with van der Waals surface area (Å²) in [5.41, 5.74) is 0. The number of hydrogen-bond donors (Lipinski definition) is 1. The van der Waals surface area contributed by atoms with Crippen LogP contribution in [0.5, 0.6) is 0 Å². The molecule has 1 heteroatoms. The van der Waals surface area contributed by atoms with E-state index in [1.165, 1.54) is 32.2 Å². The van der Waals surface area contributed by atoms with Crippen LogP contribution in [0.25, 0.3) is 0 Å². The molecule has 1 aliphatic rings. The summed E-state index contributed by atoms with van der Waals surface area (Å²) >= 11 is 0. The molecule has 60 valence electrons. The summed E-state index contributed by atoms with van der Waals surface area (Å²) in [5, 5.41) is 3.57. The Hall–Kier alpha value is -0.0400. The van der Waals surface area contributed by atoms with Crippen LogP contribution >= 0.6 is 0 Å². The molecule has 1 N–H and O–H groups in total. The standard InChI is InChI=1S/C9H19N/c1-3-8(2)9-6-4-5-7-10-9/h8-10H,3-7H2,1-2H3/t8-,9-/m1/s1. The highest BCUT2D eigenvalue weighted by Crippen LogP contribution is 2.16. The van der Waals surface area contributed by atoms with Gasteiger partial charge in [-0.15, -0.1) is 0 Å². The monoisotopic (exact) mass is 141 g/mol. The summed E-state index contributed by atoms with van der Waals surface area (Å²) in [5.74, 6) is 0.875. The van der Waals surface area contributed by atoms with Crippen LogP contribution < -0.4 is 5.32 Å². The molecule has 0 aliphatic carbocycles. The van der Waals surface area contributed by atoms with Gasteiger partial charge in [0.1, 0.15) is 0 Å². The molecule has 1 rings (SSSR count). The average Bonchev–Trinajstić information content (AvgIpc) is 2.05. The van der Waals surface area contributed by atoms with Crippen LogP contribution in [0.1, 0.15) is 39.5 Å². The van der Waals surface area contributed by atoms with Crippen LogP contribution in [-0.2, 0) is 0 Å². The highest BCUT2D eigenvalue weighted by Gasteiger charge is 2.16. The van der Waals surface area contributed by atoms with E-state index in [0.29, 0.717) is 0 Å². The van der Waals surface area contributed by atoms with E-state index in [-0.39, 0.29) is 0 Å². The predicted molar refractivity (Wildman–Crippen MR) is 45.1 cm³/mol. The molecule has 2 atom stereocenters. The first-order chi connectivity index (χ1) is 4.84. The lowest BCUT2D eigenvalue weighted by Gasteiger charge is -2.28. The van der Waals surface area contributed by atoms with Gasteiger partial charge in [-0.3, -0.25) is 0 Å². The lowest BCUT2D eigenvalue weighted by molar-refractivity contribution is 0.304. The summed E-state index contributed by atoms with van der Waals surface area (Å²) in [6.45, 7) is 5.87. The van der Waals surface area contributed by atoms with Crippen molar-refractivity contribution < 1.29 is 0 Å². The molecule has 0 saturated carbocycles. The molecule has 1 fully saturated rings. The second kappa shape index (κ2) is 3.97. The molecule has 0 amide bonds. The van der Waals surface area contributed by atoms with E-state index in [0.717, 1.165) is 12.0 Å². The van der Waals surface area contributed by atoms with E-state index < -0.39 is 0 Å². The number of piperidine rings is 1. The lowest BCUT2D eigenvalue weighted by atomic mass is 9.92. The molecule has 0 unspecified atom stereocenters. The van der Waals surface area contributed by atoms with Crippen molar-refractivity contribution in [2.75, 3.05) is 6.54 Å². The fourth-order valence-corrected chi connectivity index (χ4v) is 1.65. The third kappa shape index (κ3) is 1.98. The third-order valence-corrected chi connectivity index (χ3v) is 2.68. The van der Waals surface area contributed by atoms with Crippen molar-refractivity contribution in [3.63, 3.8) is 0 Å². The van der Waals surface area contributed by atoms with Gasteiger partial charge in [-0.05, 0) is 25.3 Å². The molecule has 0 aromatic carbocycles. The van der Waals surface area contributed by atoms with Crippen molar-refractivity contribution in [1.82, 2.24) is 5.32 Å². The van der Waals surface area contributed by atoms with Gasteiger partial charge in [0.25, 0.3) is 0 Å². The highest BCUT2D eigenvalue weighted by atomic mass is 14.9. The van der Waals surface area contributed by atoms with Gasteiger partial charge in [-0.25, -0.2) is 0 Å². The molecule has 0 aromatic rings. The van der Waals surface area contributed by atoms with Crippen LogP contribution in [0, 0.1) is 5.92 Å². The third-order valence-electron chi connectivity index (χ3n) is 2.68. The van der Waals surface area contributed by atoms with Gasteiger partial charge >= 0.3 is 0 Å². The van der Waals surface area contributed by atoms with Gasteiger partial charge < -0.3 is 5.32 Å². The zero-order valence-electron chi connectivity index (χ0n) is 7.19. The molecule has 1 heterocycles. The zero-order valence-corrected chi connectivity index (χ0v) is 7.19. The molecular formula is C9H19N. The zero-order chi connectivity index (χ0) is 7.40. The maximum Gasteiger partial charge on any atom is 0.00925 e. The lowest BCUT2D eigenvalue weighted by Crippen LogP contribution is -2.38. The smallest absolute Gasteiger partial charge is 0.00925 e. The molecule has 0 aromatic heterocycles. The van der Waals surface area contributed by atoms with Crippen molar-refractivity contribution in [2.24, 2.45) is 5.92 Å². The first-order valence-electron chi connectivity index (χ1n) is 4.58. The van der Waals surface area contributed by atoms with E-state index in [9.17, 15) is 0 Å². The van der Waals surface area contributed by atoms with Gasteiger partial charge in [-0.1, -0.05) is 26.7 Å². The van der Waals surface area contributed by atoms with Gasteiger partial charge in [0, 0.05) is 6.04 Å². The molecule has 0 bridgehead atoms. The molecule has 10 heavy (non-hydrogen) atoms. The van der Waals surface area contributed by atoms with Crippen molar-refractivity contribution in [3.05, 3.63) is 0 Å². The van der Waals surface area contributed by atoms with Gasteiger partial charge in [0.2, 0.25) is 0 Å². The normalized spacial score (nSPS) is 30.0. The first kappa shape index (κ1) is 8.06. The van der Waals surface area contributed by atoms with Gasteiger partial charge in [0.15, 0.2) is 0 Å². The minimum Gasteiger partial charge on any atom is -0.314 e. The Labute approximate surface area is 64.2 Å². The summed E-state index contributed by atoms with van der Waals surface area (Å²) in [6.07, 6.45) is 5.53. The Bertz CT molecular complexity index is 84.7. The van der Waals surface area contributed by atoms with Crippen molar-refractivity contribution in [2.45, 2.75) is 45.6 Å². The average molecular weight is 141 g/mol. The highest BCUT2D eigenvalue weighted by molar-refractivity contribution is 4.76. The van der Waals surface area contributed by atoms with Crippen LogP contribution in [0.15, 0.2) is 0 Å². The van der Waals surface area contributed by atoms with E-state index in [1.807, 2.05) is 0 Å². The summed E-state index contributed by atoms with van der Waals surface area (Å²) in [4.78, 5) is 0. The second-order valence-electron chi connectivity index (χ2n) is 3.44. The Morgan fingerprint density at radius 1 is 1.50 bits per heavy atom. The maximum atomic E-state index is 3.57. The second-order valence-corrected chi connectivity index (χ2v) is 3.44. The van der Waals surface area contributed by atoms with E-state index in [1.54, 1.807) is 0 Å². The molecule has 1 aliphatic heterocycles. The fourth-order valence-electron chi connectivity index (χ4n) is 1.65. The fraction of sp³-hybridized carbons (Fsp3) is 1.00.